The van der Waals surface area contributed by atoms with Gasteiger partial charge in [-0.2, -0.15) is 0 Å². The van der Waals surface area contributed by atoms with Crippen molar-refractivity contribution in [2.24, 2.45) is 10.7 Å². The highest BCUT2D eigenvalue weighted by Gasteiger charge is 2.06. The smallest absolute Gasteiger partial charge is 0.188 e. The van der Waals surface area contributed by atoms with Gasteiger partial charge in [0.2, 0.25) is 0 Å². The Morgan fingerprint density at radius 3 is 2.67 bits per heavy atom. The van der Waals surface area contributed by atoms with E-state index in [4.69, 9.17) is 22.1 Å². The fraction of sp³-hybridized carbons (Fsp3) is 0.462. The van der Waals surface area contributed by atoms with Crippen LogP contribution in [0.15, 0.2) is 29.3 Å². The van der Waals surface area contributed by atoms with Crippen molar-refractivity contribution in [1.29, 1.82) is 0 Å². The van der Waals surface area contributed by atoms with Crippen molar-refractivity contribution >= 4 is 17.6 Å². The first kappa shape index (κ1) is 14.6. The van der Waals surface area contributed by atoms with Gasteiger partial charge in [0.25, 0.3) is 0 Å². The lowest BCUT2D eigenvalue weighted by Gasteiger charge is -2.14. The lowest BCUT2D eigenvalue weighted by molar-refractivity contribution is 0.230. The van der Waals surface area contributed by atoms with Crippen molar-refractivity contribution in [2.45, 2.75) is 32.9 Å². The van der Waals surface area contributed by atoms with Gasteiger partial charge in [-0.15, -0.1) is 0 Å². The highest BCUT2D eigenvalue weighted by Crippen LogP contribution is 2.24. The summed E-state index contributed by atoms with van der Waals surface area (Å²) in [5.41, 5.74) is 5.70. The first-order valence-electron chi connectivity index (χ1n) is 5.96. The van der Waals surface area contributed by atoms with E-state index in [1.165, 1.54) is 0 Å². The Morgan fingerprint density at radius 1 is 1.39 bits per heavy atom. The molecule has 1 aromatic rings. The molecule has 18 heavy (non-hydrogen) atoms. The average Bonchev–Trinajstić information content (AvgIpc) is 2.29. The number of nitrogens with one attached hydrogen (secondary N) is 1. The van der Waals surface area contributed by atoms with E-state index in [-0.39, 0.29) is 12.1 Å². The molecule has 1 atom stereocenters. The standard InChI is InChI=1S/C13H20ClN3O/c1-9(2)17-13(15)16-8-10(3)18-12-7-5-4-6-11(12)14/h4-7,9-10H,8H2,1-3H3,(H3,15,16,17). The zero-order chi connectivity index (χ0) is 13.5. The normalized spacial score (nSPS) is 13.5. The van der Waals surface area contributed by atoms with Gasteiger partial charge in [0.05, 0.1) is 11.6 Å². The van der Waals surface area contributed by atoms with Gasteiger partial charge in [-0.3, -0.25) is 0 Å². The molecule has 0 radical (unpaired) electrons. The second-order valence-electron chi connectivity index (χ2n) is 4.38. The molecule has 0 amide bonds. The van der Waals surface area contributed by atoms with Gasteiger partial charge in [-0.05, 0) is 32.9 Å². The summed E-state index contributed by atoms with van der Waals surface area (Å²) in [5.74, 6) is 1.09. The molecule has 0 bridgehead atoms. The van der Waals surface area contributed by atoms with E-state index in [9.17, 15) is 0 Å². The molecule has 0 aromatic heterocycles. The SMILES string of the molecule is CC(C)NC(N)=NCC(C)Oc1ccccc1Cl. The minimum Gasteiger partial charge on any atom is -0.487 e. The molecule has 3 N–H and O–H groups in total. The maximum atomic E-state index is 6.00. The first-order chi connectivity index (χ1) is 8.49. The molecule has 0 saturated heterocycles. The Kier molecular flexibility index (Phi) is 5.78. The fourth-order valence-electron chi connectivity index (χ4n) is 1.36. The summed E-state index contributed by atoms with van der Waals surface area (Å²) in [6.45, 7) is 6.42. The third-order valence-corrected chi connectivity index (χ3v) is 2.43. The Balaban J connectivity index is 2.47. The lowest BCUT2D eigenvalue weighted by atomic mass is 10.3. The minimum atomic E-state index is -0.0857. The van der Waals surface area contributed by atoms with E-state index in [2.05, 4.69) is 10.3 Å². The molecule has 0 spiro atoms. The Bertz CT molecular complexity index is 407. The van der Waals surface area contributed by atoms with Crippen molar-refractivity contribution < 1.29 is 4.74 Å². The Morgan fingerprint density at radius 2 is 2.06 bits per heavy atom. The second kappa shape index (κ2) is 7.11. The van der Waals surface area contributed by atoms with Gasteiger partial charge < -0.3 is 15.8 Å². The van der Waals surface area contributed by atoms with Crippen LogP contribution in [0, 0.1) is 0 Å². The maximum Gasteiger partial charge on any atom is 0.188 e. The van der Waals surface area contributed by atoms with Crippen LogP contribution in [-0.2, 0) is 0 Å². The van der Waals surface area contributed by atoms with Crippen molar-refractivity contribution in [3.63, 3.8) is 0 Å². The molecule has 0 saturated carbocycles. The number of benzene rings is 1. The van der Waals surface area contributed by atoms with Gasteiger partial charge in [-0.1, -0.05) is 23.7 Å². The minimum absolute atomic E-state index is 0.0857. The number of para-hydroxylation sites is 1. The number of hydrogen-bond donors (Lipinski definition) is 2. The molecule has 1 unspecified atom stereocenters. The van der Waals surface area contributed by atoms with Crippen LogP contribution in [0.2, 0.25) is 5.02 Å². The number of ether oxygens (including phenoxy) is 1. The molecule has 1 aromatic carbocycles. The molecule has 4 nitrogen and oxygen atoms in total. The molecular weight excluding hydrogens is 250 g/mol. The summed E-state index contributed by atoms with van der Waals surface area (Å²) >= 11 is 6.00. The third-order valence-electron chi connectivity index (χ3n) is 2.12. The number of halogens is 1. The number of nitrogens with two attached hydrogens (primary N) is 1. The monoisotopic (exact) mass is 269 g/mol. The molecule has 0 fully saturated rings. The molecule has 100 valence electrons. The quantitative estimate of drug-likeness (QED) is 0.638. The number of hydrogen-bond acceptors (Lipinski definition) is 2. The zero-order valence-electron chi connectivity index (χ0n) is 11.0. The summed E-state index contributed by atoms with van der Waals surface area (Å²) in [5, 5.41) is 3.62. The van der Waals surface area contributed by atoms with Crippen molar-refractivity contribution in [3.05, 3.63) is 29.3 Å². The summed E-state index contributed by atoms with van der Waals surface area (Å²) in [6.07, 6.45) is -0.0857. The molecule has 0 aliphatic heterocycles. The fourth-order valence-corrected chi connectivity index (χ4v) is 1.54. The van der Waals surface area contributed by atoms with Crippen LogP contribution >= 0.6 is 11.6 Å². The number of rotatable bonds is 5. The van der Waals surface area contributed by atoms with Crippen molar-refractivity contribution in [2.75, 3.05) is 6.54 Å². The second-order valence-corrected chi connectivity index (χ2v) is 4.79. The predicted octanol–water partition coefficient (Wildman–Crippen LogP) is 2.42. The number of aliphatic imine (C=N–C) groups is 1. The molecule has 1 rings (SSSR count). The van der Waals surface area contributed by atoms with Crippen LogP contribution in [0.5, 0.6) is 5.75 Å². The predicted molar refractivity (Wildman–Crippen MR) is 76.3 cm³/mol. The van der Waals surface area contributed by atoms with Crippen LogP contribution in [-0.4, -0.2) is 24.7 Å². The van der Waals surface area contributed by atoms with Crippen LogP contribution in [0.25, 0.3) is 0 Å². The first-order valence-corrected chi connectivity index (χ1v) is 6.34. The highest BCUT2D eigenvalue weighted by molar-refractivity contribution is 6.32. The molecule has 0 aliphatic carbocycles. The lowest BCUT2D eigenvalue weighted by Crippen LogP contribution is -2.37. The van der Waals surface area contributed by atoms with Gasteiger partial charge in [0.1, 0.15) is 11.9 Å². The molecular formula is C13H20ClN3O. The van der Waals surface area contributed by atoms with E-state index in [1.54, 1.807) is 6.07 Å². The topological polar surface area (TPSA) is 59.6 Å². The molecule has 0 aliphatic rings. The zero-order valence-corrected chi connectivity index (χ0v) is 11.7. The van der Waals surface area contributed by atoms with Crippen LogP contribution < -0.4 is 15.8 Å². The molecule has 0 heterocycles. The number of guanidine groups is 1. The Hall–Kier alpha value is -1.42. The summed E-state index contributed by atoms with van der Waals surface area (Å²) in [4.78, 5) is 4.21. The van der Waals surface area contributed by atoms with E-state index in [0.717, 1.165) is 0 Å². The van der Waals surface area contributed by atoms with E-state index >= 15 is 0 Å². The summed E-state index contributed by atoms with van der Waals surface area (Å²) < 4.78 is 5.68. The van der Waals surface area contributed by atoms with Crippen molar-refractivity contribution in [1.82, 2.24) is 5.32 Å². The number of nitrogens with zero attached hydrogens (tertiary/aromatic N) is 1. The maximum absolute atomic E-state index is 6.00. The summed E-state index contributed by atoms with van der Waals surface area (Å²) in [6, 6.07) is 7.64. The van der Waals surface area contributed by atoms with Crippen LogP contribution in [0.3, 0.4) is 0 Å². The van der Waals surface area contributed by atoms with Gasteiger partial charge >= 0.3 is 0 Å². The van der Waals surface area contributed by atoms with E-state index < -0.39 is 0 Å². The summed E-state index contributed by atoms with van der Waals surface area (Å²) in [7, 11) is 0. The van der Waals surface area contributed by atoms with Gasteiger partial charge in [-0.25, -0.2) is 4.99 Å². The molecule has 5 heteroatoms. The van der Waals surface area contributed by atoms with Crippen LogP contribution in [0.4, 0.5) is 0 Å². The highest BCUT2D eigenvalue weighted by atomic mass is 35.5. The largest absolute Gasteiger partial charge is 0.487 e. The van der Waals surface area contributed by atoms with Gasteiger partial charge in [0.15, 0.2) is 5.96 Å². The van der Waals surface area contributed by atoms with E-state index in [0.29, 0.717) is 23.3 Å². The Labute approximate surface area is 113 Å². The van der Waals surface area contributed by atoms with Crippen molar-refractivity contribution in [3.8, 4) is 5.75 Å². The van der Waals surface area contributed by atoms with E-state index in [1.807, 2.05) is 39.0 Å². The van der Waals surface area contributed by atoms with Gasteiger partial charge in [0, 0.05) is 6.04 Å². The van der Waals surface area contributed by atoms with Crippen LogP contribution in [0.1, 0.15) is 20.8 Å². The average molecular weight is 270 g/mol. The third kappa shape index (κ3) is 5.27.